The molecule has 3 nitrogen and oxygen atoms in total. The lowest BCUT2D eigenvalue weighted by molar-refractivity contribution is 0.100. The first-order chi connectivity index (χ1) is 6.75. The SMILES string of the molecule is O=C(CC1=NCCN1)c1ccc(Br)s1. The summed E-state index contributed by atoms with van der Waals surface area (Å²) in [4.78, 5) is 16.7. The van der Waals surface area contributed by atoms with Crippen LogP contribution in [-0.4, -0.2) is 24.7 Å². The van der Waals surface area contributed by atoms with Gasteiger partial charge in [0.05, 0.1) is 21.6 Å². The average molecular weight is 273 g/mol. The Morgan fingerprint density at radius 1 is 1.64 bits per heavy atom. The number of Topliss-reactive ketones (excluding diaryl/α,β-unsaturated/α-hetero) is 1. The third kappa shape index (κ3) is 2.22. The Hall–Kier alpha value is -0.680. The van der Waals surface area contributed by atoms with Gasteiger partial charge < -0.3 is 5.32 Å². The maximum absolute atomic E-state index is 11.7. The second-order valence-corrected chi connectivity index (χ2v) is 5.42. The molecule has 74 valence electrons. The van der Waals surface area contributed by atoms with Crippen molar-refractivity contribution in [2.24, 2.45) is 4.99 Å². The second kappa shape index (κ2) is 4.23. The Morgan fingerprint density at radius 3 is 3.07 bits per heavy atom. The highest BCUT2D eigenvalue weighted by atomic mass is 79.9. The molecule has 2 rings (SSSR count). The minimum Gasteiger partial charge on any atom is -0.372 e. The molecule has 1 aromatic heterocycles. The van der Waals surface area contributed by atoms with Gasteiger partial charge in [-0.1, -0.05) is 0 Å². The summed E-state index contributed by atoms with van der Waals surface area (Å²) in [5.41, 5.74) is 0. The van der Waals surface area contributed by atoms with Gasteiger partial charge in [-0.15, -0.1) is 11.3 Å². The summed E-state index contributed by atoms with van der Waals surface area (Å²) in [6.07, 6.45) is 0.396. The van der Waals surface area contributed by atoms with Crippen LogP contribution in [0.5, 0.6) is 0 Å². The van der Waals surface area contributed by atoms with Crippen molar-refractivity contribution in [2.45, 2.75) is 6.42 Å². The van der Waals surface area contributed by atoms with E-state index in [0.29, 0.717) is 6.42 Å². The summed E-state index contributed by atoms with van der Waals surface area (Å²) in [5, 5.41) is 3.09. The smallest absolute Gasteiger partial charge is 0.180 e. The Kier molecular flexibility index (Phi) is 2.98. The van der Waals surface area contributed by atoms with Gasteiger partial charge in [-0.2, -0.15) is 0 Å². The van der Waals surface area contributed by atoms with E-state index in [4.69, 9.17) is 0 Å². The molecule has 1 aliphatic rings. The Balaban J connectivity index is 2.02. The van der Waals surface area contributed by atoms with E-state index in [1.807, 2.05) is 12.1 Å². The van der Waals surface area contributed by atoms with Crippen LogP contribution in [0.1, 0.15) is 16.1 Å². The summed E-state index contributed by atoms with van der Waals surface area (Å²) in [7, 11) is 0. The Bertz CT molecular complexity index is 386. The first-order valence-corrected chi connectivity index (χ1v) is 5.92. The van der Waals surface area contributed by atoms with Crippen LogP contribution < -0.4 is 5.32 Å². The molecule has 0 aliphatic carbocycles. The standard InChI is InChI=1S/C9H9BrN2OS/c10-8-2-1-7(14-8)6(13)5-9-11-3-4-12-9/h1-2H,3-5H2,(H,11,12). The molecule has 0 radical (unpaired) electrons. The van der Waals surface area contributed by atoms with Crippen LogP contribution in [0, 0.1) is 0 Å². The third-order valence-corrected chi connectivity index (χ3v) is 3.58. The highest BCUT2D eigenvalue weighted by molar-refractivity contribution is 9.11. The van der Waals surface area contributed by atoms with Crippen molar-refractivity contribution in [1.82, 2.24) is 5.32 Å². The van der Waals surface area contributed by atoms with Gasteiger partial charge in [0.1, 0.15) is 5.84 Å². The summed E-state index contributed by atoms with van der Waals surface area (Å²) >= 11 is 4.80. The maximum Gasteiger partial charge on any atom is 0.180 e. The maximum atomic E-state index is 11.7. The van der Waals surface area contributed by atoms with E-state index < -0.39 is 0 Å². The fraction of sp³-hybridized carbons (Fsp3) is 0.333. The summed E-state index contributed by atoms with van der Waals surface area (Å²) in [6.45, 7) is 1.65. The van der Waals surface area contributed by atoms with E-state index in [0.717, 1.165) is 27.6 Å². The zero-order valence-corrected chi connectivity index (χ0v) is 9.82. The van der Waals surface area contributed by atoms with Gasteiger partial charge in [0.15, 0.2) is 5.78 Å². The van der Waals surface area contributed by atoms with Crippen LogP contribution in [0.2, 0.25) is 0 Å². The molecular formula is C9H9BrN2OS. The largest absolute Gasteiger partial charge is 0.372 e. The van der Waals surface area contributed by atoms with Gasteiger partial charge in [0.2, 0.25) is 0 Å². The summed E-state index contributed by atoms with van der Waals surface area (Å²) in [6, 6.07) is 3.73. The van der Waals surface area contributed by atoms with Crippen molar-refractivity contribution < 1.29 is 4.79 Å². The second-order valence-electron chi connectivity index (χ2n) is 2.96. The number of hydrogen-bond acceptors (Lipinski definition) is 4. The van der Waals surface area contributed by atoms with Crippen molar-refractivity contribution in [3.8, 4) is 0 Å². The number of hydrogen-bond donors (Lipinski definition) is 1. The molecule has 0 bridgehead atoms. The summed E-state index contributed by atoms with van der Waals surface area (Å²) in [5.74, 6) is 0.952. The molecule has 0 unspecified atom stereocenters. The first kappa shape index (κ1) is 9.86. The fourth-order valence-electron chi connectivity index (χ4n) is 1.27. The van der Waals surface area contributed by atoms with Crippen molar-refractivity contribution >= 4 is 38.9 Å². The zero-order valence-electron chi connectivity index (χ0n) is 7.42. The highest BCUT2D eigenvalue weighted by Crippen LogP contribution is 2.23. The van der Waals surface area contributed by atoms with Crippen LogP contribution >= 0.6 is 27.3 Å². The molecule has 0 aromatic carbocycles. The molecule has 0 saturated heterocycles. The molecule has 5 heteroatoms. The van der Waals surface area contributed by atoms with Crippen LogP contribution in [-0.2, 0) is 0 Å². The van der Waals surface area contributed by atoms with Crippen LogP contribution in [0.4, 0.5) is 0 Å². The number of halogens is 1. The van der Waals surface area contributed by atoms with E-state index in [2.05, 4.69) is 26.2 Å². The van der Waals surface area contributed by atoms with Crippen molar-refractivity contribution in [1.29, 1.82) is 0 Å². The van der Waals surface area contributed by atoms with Gasteiger partial charge >= 0.3 is 0 Å². The molecule has 0 saturated carbocycles. The number of nitrogens with one attached hydrogen (secondary N) is 1. The average Bonchev–Trinajstić information content (AvgIpc) is 2.75. The molecule has 14 heavy (non-hydrogen) atoms. The normalized spacial score (nSPS) is 15.1. The molecule has 1 aromatic rings. The molecular weight excluding hydrogens is 264 g/mol. The topological polar surface area (TPSA) is 41.5 Å². The van der Waals surface area contributed by atoms with E-state index in [-0.39, 0.29) is 5.78 Å². The number of thiophene rings is 1. The number of carbonyl (C=O) groups is 1. The van der Waals surface area contributed by atoms with Gasteiger partial charge in [0, 0.05) is 6.54 Å². The number of rotatable bonds is 3. The van der Waals surface area contributed by atoms with Crippen LogP contribution in [0.3, 0.4) is 0 Å². The molecule has 2 heterocycles. The predicted molar refractivity (Wildman–Crippen MR) is 61.3 cm³/mol. The van der Waals surface area contributed by atoms with E-state index in [9.17, 15) is 4.79 Å². The number of carbonyl (C=O) groups excluding carboxylic acids is 1. The van der Waals surface area contributed by atoms with Crippen molar-refractivity contribution in [3.05, 3.63) is 20.8 Å². The van der Waals surface area contributed by atoms with Gasteiger partial charge in [-0.25, -0.2) is 0 Å². The minimum atomic E-state index is 0.133. The van der Waals surface area contributed by atoms with E-state index in [1.165, 1.54) is 11.3 Å². The molecule has 0 spiro atoms. The summed E-state index contributed by atoms with van der Waals surface area (Å²) < 4.78 is 0.988. The monoisotopic (exact) mass is 272 g/mol. The zero-order chi connectivity index (χ0) is 9.97. The number of aliphatic imine (C=N–C) groups is 1. The van der Waals surface area contributed by atoms with Crippen molar-refractivity contribution in [3.63, 3.8) is 0 Å². The molecule has 0 amide bonds. The van der Waals surface area contributed by atoms with Crippen LogP contribution in [0.15, 0.2) is 20.9 Å². The van der Waals surface area contributed by atoms with E-state index >= 15 is 0 Å². The Morgan fingerprint density at radius 2 is 2.50 bits per heavy atom. The third-order valence-electron chi connectivity index (χ3n) is 1.92. The van der Waals surface area contributed by atoms with Gasteiger partial charge in [-0.3, -0.25) is 9.79 Å². The minimum absolute atomic E-state index is 0.133. The quantitative estimate of drug-likeness (QED) is 0.857. The highest BCUT2D eigenvalue weighted by Gasteiger charge is 2.13. The molecule has 1 N–H and O–H groups in total. The predicted octanol–water partition coefficient (Wildman–Crippen LogP) is 2.09. The Labute approximate surface area is 94.4 Å². The van der Waals surface area contributed by atoms with Gasteiger partial charge in [0.25, 0.3) is 0 Å². The molecule has 1 aliphatic heterocycles. The van der Waals surface area contributed by atoms with Crippen molar-refractivity contribution in [2.75, 3.05) is 13.1 Å². The number of ketones is 1. The molecule has 0 fully saturated rings. The van der Waals surface area contributed by atoms with Gasteiger partial charge in [-0.05, 0) is 28.1 Å². The number of amidine groups is 1. The number of nitrogens with zero attached hydrogens (tertiary/aromatic N) is 1. The molecule has 0 atom stereocenters. The lowest BCUT2D eigenvalue weighted by Gasteiger charge is -1.98. The lowest BCUT2D eigenvalue weighted by Crippen LogP contribution is -2.21. The first-order valence-electron chi connectivity index (χ1n) is 4.31. The van der Waals surface area contributed by atoms with E-state index in [1.54, 1.807) is 0 Å². The fourth-order valence-corrected chi connectivity index (χ4v) is 2.59. The lowest BCUT2D eigenvalue weighted by atomic mass is 10.2. The van der Waals surface area contributed by atoms with Crippen LogP contribution in [0.25, 0.3) is 0 Å².